The Morgan fingerprint density at radius 1 is 1.07 bits per heavy atom. The van der Waals surface area contributed by atoms with Crippen molar-refractivity contribution in [2.45, 2.75) is 31.8 Å². The molecule has 1 unspecified atom stereocenters. The molecule has 0 aromatic heterocycles. The zero-order valence-corrected chi connectivity index (χ0v) is 16.2. The lowest BCUT2D eigenvalue weighted by Crippen LogP contribution is -2.55. The van der Waals surface area contributed by atoms with Gasteiger partial charge in [0.05, 0.1) is 14.2 Å². The van der Waals surface area contributed by atoms with Crippen molar-refractivity contribution in [3.05, 3.63) is 35.0 Å². The predicted octanol–water partition coefficient (Wildman–Crippen LogP) is 0.120. The van der Waals surface area contributed by atoms with Gasteiger partial charge in [-0.25, -0.2) is 0 Å². The van der Waals surface area contributed by atoms with Gasteiger partial charge >= 0.3 is 0 Å². The van der Waals surface area contributed by atoms with Gasteiger partial charge in [0.15, 0.2) is 11.5 Å². The van der Waals surface area contributed by atoms with Gasteiger partial charge in [-0.15, -0.1) is 0 Å². The van der Waals surface area contributed by atoms with Gasteiger partial charge in [0.2, 0.25) is 11.8 Å². The molecule has 1 aromatic carbocycles. The highest BCUT2D eigenvalue weighted by Gasteiger charge is 2.44. The molecule has 3 aliphatic heterocycles. The number of piperidine rings is 1. The summed E-state index contributed by atoms with van der Waals surface area (Å²) in [5.74, 6) is -0.868. The number of imide groups is 2. The Morgan fingerprint density at radius 3 is 2.55 bits per heavy atom. The second kappa shape index (κ2) is 7.23. The molecule has 0 saturated carbocycles. The number of nitrogens with zero attached hydrogens (tertiary/aromatic N) is 2. The van der Waals surface area contributed by atoms with Crippen LogP contribution in [0.2, 0.25) is 0 Å². The van der Waals surface area contributed by atoms with Crippen LogP contribution in [0, 0.1) is 0 Å². The Hall–Kier alpha value is -3.36. The summed E-state index contributed by atoms with van der Waals surface area (Å²) >= 11 is 0. The Labute approximate surface area is 167 Å². The number of methoxy groups -OCH3 is 2. The number of rotatable bonds is 4. The topological polar surface area (TPSA) is 105 Å². The van der Waals surface area contributed by atoms with E-state index in [1.807, 2.05) is 17.0 Å². The fourth-order valence-electron chi connectivity index (χ4n) is 4.09. The second-order valence-corrected chi connectivity index (χ2v) is 7.12. The molecule has 9 heteroatoms. The van der Waals surface area contributed by atoms with Gasteiger partial charge in [0, 0.05) is 31.1 Å². The lowest BCUT2D eigenvalue weighted by Gasteiger charge is -2.33. The Balaban J connectivity index is 1.58. The molecule has 3 heterocycles. The number of carbonyl (C=O) groups is 4. The summed E-state index contributed by atoms with van der Waals surface area (Å²) in [5, 5.41) is 2.19. The third-order valence-corrected chi connectivity index (χ3v) is 5.54. The molecule has 1 aromatic rings. The van der Waals surface area contributed by atoms with Crippen LogP contribution in [0.1, 0.15) is 24.0 Å². The van der Waals surface area contributed by atoms with Gasteiger partial charge in [0.1, 0.15) is 11.7 Å². The van der Waals surface area contributed by atoms with Gasteiger partial charge in [-0.05, 0) is 24.5 Å². The van der Waals surface area contributed by atoms with Gasteiger partial charge in [-0.1, -0.05) is 6.07 Å². The van der Waals surface area contributed by atoms with Crippen LogP contribution in [0.15, 0.2) is 23.9 Å². The van der Waals surface area contributed by atoms with Crippen molar-refractivity contribution >= 4 is 23.6 Å². The summed E-state index contributed by atoms with van der Waals surface area (Å²) in [6.07, 6.45) is 2.17. The molecule has 0 bridgehead atoms. The first kappa shape index (κ1) is 19.0. The molecular formula is C20H21N3O6. The molecule has 3 aliphatic rings. The fourth-order valence-corrected chi connectivity index (χ4v) is 4.09. The van der Waals surface area contributed by atoms with Crippen molar-refractivity contribution in [3.8, 4) is 11.5 Å². The van der Waals surface area contributed by atoms with E-state index >= 15 is 0 Å². The molecule has 1 saturated heterocycles. The zero-order chi connectivity index (χ0) is 20.7. The normalized spacial score (nSPS) is 21.7. The first-order valence-electron chi connectivity index (χ1n) is 9.35. The summed E-state index contributed by atoms with van der Waals surface area (Å²) in [7, 11) is 3.12. The van der Waals surface area contributed by atoms with E-state index < -0.39 is 29.7 Å². The van der Waals surface area contributed by atoms with Crippen molar-refractivity contribution < 1.29 is 28.7 Å². The molecule has 1 N–H and O–H groups in total. The summed E-state index contributed by atoms with van der Waals surface area (Å²) in [4.78, 5) is 51.8. The first-order valence-corrected chi connectivity index (χ1v) is 9.35. The smallest absolute Gasteiger partial charge is 0.277 e. The van der Waals surface area contributed by atoms with Gasteiger partial charge in [-0.2, -0.15) is 0 Å². The largest absolute Gasteiger partial charge is 0.493 e. The predicted molar refractivity (Wildman–Crippen MR) is 99.8 cm³/mol. The zero-order valence-electron chi connectivity index (χ0n) is 16.2. The summed E-state index contributed by atoms with van der Waals surface area (Å²) < 4.78 is 10.9. The molecule has 4 rings (SSSR count). The van der Waals surface area contributed by atoms with Crippen molar-refractivity contribution in [2.75, 3.05) is 20.8 Å². The van der Waals surface area contributed by atoms with Crippen molar-refractivity contribution in [2.24, 2.45) is 0 Å². The highest BCUT2D eigenvalue weighted by molar-refractivity contribution is 6.18. The van der Waals surface area contributed by atoms with Crippen LogP contribution in [0.25, 0.3) is 0 Å². The van der Waals surface area contributed by atoms with Crippen LogP contribution in [0.5, 0.6) is 11.5 Å². The van der Waals surface area contributed by atoms with E-state index in [-0.39, 0.29) is 18.5 Å². The number of benzene rings is 1. The molecular weight excluding hydrogens is 378 g/mol. The summed E-state index contributed by atoms with van der Waals surface area (Å²) in [5.41, 5.74) is 2.24. The average Bonchev–Trinajstić information content (AvgIpc) is 3.01. The summed E-state index contributed by atoms with van der Waals surface area (Å²) in [6.45, 7) is 0.931. The fraction of sp³-hybridized carbons (Fsp3) is 0.400. The van der Waals surface area contributed by atoms with Gasteiger partial charge in [-0.3, -0.25) is 29.4 Å². The molecule has 9 nitrogen and oxygen atoms in total. The number of hydrogen-bond acceptors (Lipinski definition) is 7. The van der Waals surface area contributed by atoms with Crippen LogP contribution in [0.3, 0.4) is 0 Å². The third-order valence-electron chi connectivity index (χ3n) is 5.54. The number of ether oxygens (including phenoxy) is 2. The van der Waals surface area contributed by atoms with E-state index in [1.54, 1.807) is 14.2 Å². The average molecular weight is 399 g/mol. The van der Waals surface area contributed by atoms with Crippen LogP contribution < -0.4 is 14.8 Å². The quantitative estimate of drug-likeness (QED) is 0.717. The highest BCUT2D eigenvalue weighted by Crippen LogP contribution is 2.38. The number of amides is 4. The highest BCUT2D eigenvalue weighted by atomic mass is 16.5. The molecule has 29 heavy (non-hydrogen) atoms. The molecule has 152 valence electrons. The van der Waals surface area contributed by atoms with E-state index in [1.165, 1.54) is 6.08 Å². The molecule has 0 radical (unpaired) electrons. The van der Waals surface area contributed by atoms with E-state index in [9.17, 15) is 19.2 Å². The maximum atomic E-state index is 13.0. The minimum Gasteiger partial charge on any atom is -0.493 e. The van der Waals surface area contributed by atoms with Gasteiger partial charge < -0.3 is 14.4 Å². The number of fused-ring (bicyclic) bond motifs is 1. The van der Waals surface area contributed by atoms with Crippen LogP contribution in [-0.4, -0.2) is 60.2 Å². The molecule has 0 aliphatic carbocycles. The van der Waals surface area contributed by atoms with E-state index in [0.29, 0.717) is 31.0 Å². The second-order valence-electron chi connectivity index (χ2n) is 7.12. The maximum absolute atomic E-state index is 13.0. The SMILES string of the molecule is COc1ccc2c(c1OC)CN(C1=CC(=O)N(C3CCC(=O)NC3=O)C1=O)CC2. The van der Waals surface area contributed by atoms with Crippen LogP contribution in [-0.2, 0) is 32.1 Å². The maximum Gasteiger partial charge on any atom is 0.277 e. The van der Waals surface area contributed by atoms with E-state index in [4.69, 9.17) is 9.47 Å². The van der Waals surface area contributed by atoms with E-state index in [2.05, 4.69) is 5.32 Å². The lowest BCUT2D eigenvalue weighted by molar-refractivity contribution is -0.150. The van der Waals surface area contributed by atoms with E-state index in [0.717, 1.165) is 16.0 Å². The molecule has 1 fully saturated rings. The monoisotopic (exact) mass is 399 g/mol. The molecule has 0 spiro atoms. The van der Waals surface area contributed by atoms with Gasteiger partial charge in [0.25, 0.3) is 11.8 Å². The Bertz CT molecular complexity index is 954. The van der Waals surface area contributed by atoms with Crippen molar-refractivity contribution in [3.63, 3.8) is 0 Å². The van der Waals surface area contributed by atoms with Crippen molar-refractivity contribution in [1.29, 1.82) is 0 Å². The minimum atomic E-state index is -0.965. The first-order chi connectivity index (χ1) is 13.9. The standard InChI is InChI=1S/C20H21N3O6/c1-28-15-5-3-11-7-8-22(10-12(11)18(15)29-2)14-9-17(25)23(20(14)27)13-4-6-16(24)21-19(13)26/h3,5,9,13H,4,6-8,10H2,1-2H3,(H,21,24,26). The number of nitrogens with one attached hydrogen (secondary N) is 1. The number of carbonyl (C=O) groups excluding carboxylic acids is 4. The molecule has 4 amide bonds. The Morgan fingerprint density at radius 2 is 1.86 bits per heavy atom. The summed E-state index contributed by atoms with van der Waals surface area (Å²) in [6, 6.07) is 2.86. The number of hydrogen-bond donors (Lipinski definition) is 1. The lowest BCUT2D eigenvalue weighted by atomic mass is 9.97. The van der Waals surface area contributed by atoms with Crippen LogP contribution in [0.4, 0.5) is 0 Å². The third kappa shape index (κ3) is 3.12. The minimum absolute atomic E-state index is 0.0941. The van der Waals surface area contributed by atoms with Crippen LogP contribution >= 0.6 is 0 Å². The van der Waals surface area contributed by atoms with Crippen molar-refractivity contribution in [1.82, 2.24) is 15.1 Å². The molecule has 1 atom stereocenters. The Kier molecular flexibility index (Phi) is 4.73.